The van der Waals surface area contributed by atoms with Crippen molar-refractivity contribution in [3.8, 4) is 5.75 Å². The fourth-order valence-electron chi connectivity index (χ4n) is 1.65. The maximum Gasteiger partial charge on any atom is 0.306 e. The van der Waals surface area contributed by atoms with Gasteiger partial charge in [0.05, 0.1) is 19.1 Å². The molecule has 0 atom stereocenters. The summed E-state index contributed by atoms with van der Waals surface area (Å²) < 4.78 is 9.82. The molecular weight excluding hydrogens is 346 g/mol. The molecule has 0 heterocycles. The van der Waals surface area contributed by atoms with Gasteiger partial charge in [0, 0.05) is 6.42 Å². The van der Waals surface area contributed by atoms with E-state index in [1.165, 1.54) is 7.11 Å². The van der Waals surface area contributed by atoms with E-state index in [-0.39, 0.29) is 30.1 Å². The van der Waals surface area contributed by atoms with Crippen LogP contribution in [0.15, 0.2) is 36.9 Å². The second kappa shape index (κ2) is 10.8. The first-order chi connectivity index (χ1) is 12.0. The number of carbonyl (C=O) groups is 3. The Morgan fingerprint density at radius 1 is 1.20 bits per heavy atom. The molecule has 0 unspecified atom stereocenters. The molecule has 3 N–H and O–H groups in total. The van der Waals surface area contributed by atoms with Crippen LogP contribution in [0.4, 0.5) is 0 Å². The summed E-state index contributed by atoms with van der Waals surface area (Å²) in [6, 6.07) is 6.64. The van der Waals surface area contributed by atoms with Gasteiger partial charge in [-0.25, -0.2) is 0 Å². The highest BCUT2D eigenvalue weighted by molar-refractivity contribution is 7.80. The third-order valence-electron chi connectivity index (χ3n) is 2.81. The van der Waals surface area contributed by atoms with E-state index >= 15 is 0 Å². The number of nitrogens with one attached hydrogen (secondary N) is 3. The van der Waals surface area contributed by atoms with Crippen LogP contribution in [0, 0.1) is 0 Å². The number of carbonyl (C=O) groups excluding carboxylic acids is 3. The molecule has 0 spiro atoms. The zero-order chi connectivity index (χ0) is 18.7. The van der Waals surface area contributed by atoms with Crippen LogP contribution in [0.3, 0.4) is 0 Å². The number of hydrazine groups is 1. The summed E-state index contributed by atoms with van der Waals surface area (Å²) in [5.74, 6) is -1.09. The molecule has 0 aliphatic heterocycles. The molecule has 25 heavy (non-hydrogen) atoms. The summed E-state index contributed by atoms with van der Waals surface area (Å²) >= 11 is 4.89. The number of thiocarbonyl (C=S) groups is 1. The zero-order valence-electron chi connectivity index (χ0n) is 13.7. The van der Waals surface area contributed by atoms with Crippen LogP contribution in [0.1, 0.15) is 23.2 Å². The SMILES string of the molecule is C=CCOc1ccccc1C(=O)NNC(=S)NC(=O)CCC(=O)OC. The monoisotopic (exact) mass is 365 g/mol. The summed E-state index contributed by atoms with van der Waals surface area (Å²) in [6.45, 7) is 3.80. The second-order valence-electron chi connectivity index (χ2n) is 4.63. The second-order valence-corrected chi connectivity index (χ2v) is 5.04. The highest BCUT2D eigenvalue weighted by Gasteiger charge is 2.13. The van der Waals surface area contributed by atoms with Gasteiger partial charge in [-0.2, -0.15) is 0 Å². The van der Waals surface area contributed by atoms with E-state index in [0.717, 1.165) is 0 Å². The van der Waals surface area contributed by atoms with Crippen molar-refractivity contribution in [3.63, 3.8) is 0 Å². The first-order valence-electron chi connectivity index (χ1n) is 7.27. The van der Waals surface area contributed by atoms with E-state index in [2.05, 4.69) is 27.5 Å². The van der Waals surface area contributed by atoms with Crippen LogP contribution >= 0.6 is 12.2 Å². The maximum atomic E-state index is 12.2. The zero-order valence-corrected chi connectivity index (χ0v) is 14.5. The maximum absolute atomic E-state index is 12.2. The Morgan fingerprint density at radius 2 is 1.92 bits per heavy atom. The Kier molecular flexibility index (Phi) is 8.66. The molecule has 0 aromatic heterocycles. The number of methoxy groups -OCH3 is 1. The Balaban J connectivity index is 2.48. The summed E-state index contributed by atoms with van der Waals surface area (Å²) in [5.41, 5.74) is 5.05. The number of benzene rings is 1. The highest BCUT2D eigenvalue weighted by atomic mass is 32.1. The molecule has 9 heteroatoms. The molecule has 0 saturated carbocycles. The molecule has 1 rings (SSSR count). The van der Waals surface area contributed by atoms with Gasteiger partial charge in [0.15, 0.2) is 5.11 Å². The molecule has 8 nitrogen and oxygen atoms in total. The lowest BCUT2D eigenvalue weighted by atomic mass is 10.2. The minimum absolute atomic E-state index is 0.0642. The van der Waals surface area contributed by atoms with Gasteiger partial charge in [0.2, 0.25) is 5.91 Å². The van der Waals surface area contributed by atoms with Crippen LogP contribution in [0.2, 0.25) is 0 Å². The summed E-state index contributed by atoms with van der Waals surface area (Å²) in [5, 5.41) is 2.23. The van der Waals surface area contributed by atoms with Gasteiger partial charge in [-0.15, -0.1) is 0 Å². The fraction of sp³-hybridized carbons (Fsp3) is 0.250. The number of para-hydroxylation sites is 1. The van der Waals surface area contributed by atoms with Gasteiger partial charge in [-0.05, 0) is 24.4 Å². The molecule has 0 fully saturated rings. The summed E-state index contributed by atoms with van der Waals surface area (Å²) in [7, 11) is 1.23. The van der Waals surface area contributed by atoms with Crippen LogP contribution in [0.5, 0.6) is 5.75 Å². The molecular formula is C16H19N3O5S. The first-order valence-corrected chi connectivity index (χ1v) is 7.68. The van der Waals surface area contributed by atoms with Gasteiger partial charge < -0.3 is 14.8 Å². The molecule has 0 radical (unpaired) electrons. The van der Waals surface area contributed by atoms with Crippen LogP contribution in [-0.2, 0) is 14.3 Å². The Bertz CT molecular complexity index is 663. The first kappa shape index (κ1) is 20.1. The number of rotatable bonds is 7. The number of hydrogen-bond donors (Lipinski definition) is 3. The molecule has 0 bridgehead atoms. The third-order valence-corrected chi connectivity index (χ3v) is 3.02. The van der Waals surface area contributed by atoms with Gasteiger partial charge in [0.25, 0.3) is 5.91 Å². The minimum Gasteiger partial charge on any atom is -0.489 e. The topological polar surface area (TPSA) is 106 Å². The number of hydrogen-bond acceptors (Lipinski definition) is 6. The van der Waals surface area contributed by atoms with Crippen molar-refractivity contribution < 1.29 is 23.9 Å². The Labute approximate surface area is 150 Å². The largest absolute Gasteiger partial charge is 0.489 e. The van der Waals surface area contributed by atoms with Crippen LogP contribution in [-0.4, -0.2) is 36.6 Å². The standard InChI is InChI=1S/C16H19N3O5S/c1-3-10-24-12-7-5-4-6-11(12)15(22)18-19-16(25)17-13(20)8-9-14(21)23-2/h3-7H,1,8-10H2,2H3,(H,18,22)(H2,17,19,20,25). The number of ether oxygens (including phenoxy) is 2. The van der Waals surface area contributed by atoms with Crippen LogP contribution < -0.4 is 20.9 Å². The average Bonchev–Trinajstić information content (AvgIpc) is 2.62. The van der Waals surface area contributed by atoms with E-state index in [9.17, 15) is 14.4 Å². The Hall–Kier alpha value is -2.94. The molecule has 0 aliphatic rings. The van der Waals surface area contributed by atoms with E-state index < -0.39 is 17.8 Å². The predicted octanol–water partition coefficient (Wildman–Crippen LogP) is 0.840. The minimum atomic E-state index is -0.501. The molecule has 1 aromatic rings. The van der Waals surface area contributed by atoms with Crippen LogP contribution in [0.25, 0.3) is 0 Å². The fourth-order valence-corrected chi connectivity index (χ4v) is 1.81. The van der Waals surface area contributed by atoms with Gasteiger partial charge in [0.1, 0.15) is 12.4 Å². The lowest BCUT2D eigenvalue weighted by molar-refractivity contribution is -0.142. The molecule has 1 aromatic carbocycles. The van der Waals surface area contributed by atoms with Gasteiger partial charge >= 0.3 is 5.97 Å². The van der Waals surface area contributed by atoms with Crippen molar-refractivity contribution in [2.24, 2.45) is 0 Å². The van der Waals surface area contributed by atoms with Crippen molar-refractivity contribution in [1.82, 2.24) is 16.2 Å². The molecule has 2 amide bonds. The smallest absolute Gasteiger partial charge is 0.306 e. The van der Waals surface area contributed by atoms with Crippen molar-refractivity contribution in [2.75, 3.05) is 13.7 Å². The quantitative estimate of drug-likeness (QED) is 0.285. The lowest BCUT2D eigenvalue weighted by Gasteiger charge is -2.13. The van der Waals surface area contributed by atoms with Crippen molar-refractivity contribution in [3.05, 3.63) is 42.5 Å². The predicted molar refractivity (Wildman–Crippen MR) is 94.7 cm³/mol. The number of esters is 1. The number of amides is 2. The van der Waals surface area contributed by atoms with Gasteiger partial charge in [-0.1, -0.05) is 24.8 Å². The lowest BCUT2D eigenvalue weighted by Crippen LogP contribution is -2.48. The molecule has 134 valence electrons. The Morgan fingerprint density at radius 3 is 2.60 bits per heavy atom. The van der Waals surface area contributed by atoms with E-state index in [4.69, 9.17) is 17.0 Å². The summed E-state index contributed by atoms with van der Waals surface area (Å²) in [4.78, 5) is 34.7. The van der Waals surface area contributed by atoms with Crippen molar-refractivity contribution >= 4 is 35.1 Å². The van der Waals surface area contributed by atoms with Crippen molar-refractivity contribution in [2.45, 2.75) is 12.8 Å². The molecule has 0 saturated heterocycles. The molecule has 0 aliphatic carbocycles. The summed E-state index contributed by atoms with van der Waals surface area (Å²) in [6.07, 6.45) is 1.41. The van der Waals surface area contributed by atoms with Gasteiger partial charge in [-0.3, -0.25) is 25.2 Å². The third kappa shape index (κ3) is 7.44. The van der Waals surface area contributed by atoms with E-state index in [1.54, 1.807) is 30.3 Å². The highest BCUT2D eigenvalue weighted by Crippen LogP contribution is 2.17. The van der Waals surface area contributed by atoms with E-state index in [0.29, 0.717) is 5.75 Å². The van der Waals surface area contributed by atoms with E-state index in [1.807, 2.05) is 0 Å². The normalized spacial score (nSPS) is 9.48. The van der Waals surface area contributed by atoms with Crippen molar-refractivity contribution in [1.29, 1.82) is 0 Å². The average molecular weight is 365 g/mol.